The summed E-state index contributed by atoms with van der Waals surface area (Å²) in [5.74, 6) is -1.04. The van der Waals surface area contributed by atoms with Crippen molar-refractivity contribution in [1.82, 2.24) is 9.88 Å². The number of hydrogen-bond donors (Lipinski definition) is 1. The normalized spacial score (nSPS) is 13.0. The number of rotatable bonds is 5. The monoisotopic (exact) mass is 427 g/mol. The zero-order valence-corrected chi connectivity index (χ0v) is 17.2. The van der Waals surface area contributed by atoms with Gasteiger partial charge in [0.25, 0.3) is 11.8 Å². The van der Waals surface area contributed by atoms with Crippen LogP contribution in [0.2, 0.25) is 0 Å². The summed E-state index contributed by atoms with van der Waals surface area (Å²) in [6, 6.07) is 20.5. The minimum Gasteiger partial charge on any atom is -0.302 e. The van der Waals surface area contributed by atoms with Crippen molar-refractivity contribution in [3.8, 4) is 11.3 Å². The molecule has 1 aliphatic rings. The second kappa shape index (κ2) is 7.77. The molecule has 0 fully saturated rings. The summed E-state index contributed by atoms with van der Waals surface area (Å²) in [6.45, 7) is 0.00510. The number of amides is 3. The number of benzene rings is 3. The van der Waals surface area contributed by atoms with Crippen LogP contribution >= 0.6 is 11.3 Å². The van der Waals surface area contributed by atoms with E-state index < -0.39 is 0 Å². The molecular formula is C24H17N3O3S. The summed E-state index contributed by atoms with van der Waals surface area (Å²) in [4.78, 5) is 43.9. The van der Waals surface area contributed by atoms with E-state index >= 15 is 0 Å². The fraction of sp³-hybridized carbons (Fsp3) is 0.0833. The van der Waals surface area contributed by atoms with Crippen molar-refractivity contribution in [2.45, 2.75) is 6.42 Å². The molecule has 0 saturated carbocycles. The van der Waals surface area contributed by atoms with Crippen molar-refractivity contribution in [2.24, 2.45) is 0 Å². The van der Waals surface area contributed by atoms with E-state index in [1.807, 2.05) is 47.8 Å². The maximum Gasteiger partial charge on any atom is 0.261 e. The lowest BCUT2D eigenvalue weighted by atomic mass is 9.94. The molecule has 0 unspecified atom stereocenters. The molecule has 3 aromatic carbocycles. The molecule has 0 bridgehead atoms. The Balaban J connectivity index is 1.28. The van der Waals surface area contributed by atoms with Crippen LogP contribution < -0.4 is 5.32 Å². The van der Waals surface area contributed by atoms with Crippen molar-refractivity contribution >= 4 is 45.0 Å². The molecule has 0 radical (unpaired) electrons. The summed E-state index contributed by atoms with van der Waals surface area (Å²) >= 11 is 1.33. The molecule has 31 heavy (non-hydrogen) atoms. The molecule has 1 aromatic heterocycles. The summed E-state index contributed by atoms with van der Waals surface area (Å²) in [6.07, 6.45) is -0.00409. The van der Waals surface area contributed by atoms with E-state index in [1.54, 1.807) is 24.3 Å². The van der Waals surface area contributed by atoms with E-state index in [0.29, 0.717) is 21.6 Å². The van der Waals surface area contributed by atoms with Crippen LogP contribution in [-0.4, -0.2) is 34.2 Å². The predicted molar refractivity (Wildman–Crippen MR) is 120 cm³/mol. The van der Waals surface area contributed by atoms with E-state index in [9.17, 15) is 14.4 Å². The molecule has 0 spiro atoms. The molecule has 0 aliphatic carbocycles. The Morgan fingerprint density at radius 1 is 0.903 bits per heavy atom. The van der Waals surface area contributed by atoms with E-state index in [4.69, 9.17) is 0 Å². The van der Waals surface area contributed by atoms with E-state index in [2.05, 4.69) is 10.3 Å². The van der Waals surface area contributed by atoms with Crippen LogP contribution in [-0.2, 0) is 4.79 Å². The maximum absolute atomic E-state index is 12.9. The van der Waals surface area contributed by atoms with Crippen LogP contribution in [0, 0.1) is 0 Å². The van der Waals surface area contributed by atoms with Crippen LogP contribution in [0.25, 0.3) is 22.0 Å². The number of aromatic nitrogens is 1. The summed E-state index contributed by atoms with van der Waals surface area (Å²) in [5.41, 5.74) is 2.73. The Labute approximate surface area is 182 Å². The lowest BCUT2D eigenvalue weighted by molar-refractivity contribution is -0.116. The smallest absolute Gasteiger partial charge is 0.261 e. The van der Waals surface area contributed by atoms with Crippen molar-refractivity contribution < 1.29 is 14.4 Å². The van der Waals surface area contributed by atoms with Gasteiger partial charge in [0.05, 0.1) is 5.69 Å². The van der Waals surface area contributed by atoms with Crippen LogP contribution in [0.4, 0.5) is 5.13 Å². The minimum atomic E-state index is -0.372. The molecule has 6 nitrogen and oxygen atoms in total. The Hall–Kier alpha value is -3.84. The second-order valence-electron chi connectivity index (χ2n) is 7.17. The van der Waals surface area contributed by atoms with E-state index in [-0.39, 0.29) is 30.7 Å². The highest BCUT2D eigenvalue weighted by molar-refractivity contribution is 7.14. The molecule has 0 saturated heterocycles. The van der Waals surface area contributed by atoms with Gasteiger partial charge in [-0.3, -0.25) is 19.3 Å². The van der Waals surface area contributed by atoms with Crippen molar-refractivity contribution in [1.29, 1.82) is 0 Å². The van der Waals surface area contributed by atoms with Crippen LogP contribution in [0.1, 0.15) is 27.1 Å². The molecule has 1 N–H and O–H groups in total. The fourth-order valence-corrected chi connectivity index (χ4v) is 4.49. The first kappa shape index (κ1) is 19.1. The van der Waals surface area contributed by atoms with E-state index in [0.717, 1.165) is 21.5 Å². The molecule has 5 rings (SSSR count). The molecule has 152 valence electrons. The van der Waals surface area contributed by atoms with Gasteiger partial charge >= 0.3 is 0 Å². The number of nitrogens with zero attached hydrogens (tertiary/aromatic N) is 2. The predicted octanol–water partition coefficient (Wildman–Crippen LogP) is 4.59. The summed E-state index contributed by atoms with van der Waals surface area (Å²) in [7, 11) is 0. The third kappa shape index (κ3) is 3.49. The van der Waals surface area contributed by atoms with Gasteiger partial charge in [-0.2, -0.15) is 0 Å². The SMILES string of the molecule is O=C(CCN1C(=O)c2cccc3cccc(c23)C1=O)Nc1nc(-c2ccccc2)cs1. The largest absolute Gasteiger partial charge is 0.302 e. The Morgan fingerprint density at radius 3 is 2.26 bits per heavy atom. The third-order valence-corrected chi connectivity index (χ3v) is 6.00. The van der Waals surface area contributed by atoms with E-state index in [1.165, 1.54) is 11.3 Å². The van der Waals surface area contributed by atoms with Gasteiger partial charge in [-0.15, -0.1) is 11.3 Å². The van der Waals surface area contributed by atoms with Gasteiger partial charge in [0.2, 0.25) is 5.91 Å². The first-order valence-corrected chi connectivity index (χ1v) is 10.7. The molecule has 1 aliphatic heterocycles. The topological polar surface area (TPSA) is 79.4 Å². The summed E-state index contributed by atoms with van der Waals surface area (Å²) in [5, 5.41) is 6.65. The molecule has 4 aromatic rings. The summed E-state index contributed by atoms with van der Waals surface area (Å²) < 4.78 is 0. The van der Waals surface area contributed by atoms with Crippen LogP contribution in [0.15, 0.2) is 72.1 Å². The fourth-order valence-electron chi connectivity index (χ4n) is 3.75. The van der Waals surface area contributed by atoms with Gasteiger partial charge in [0.15, 0.2) is 5.13 Å². The Morgan fingerprint density at radius 2 is 1.58 bits per heavy atom. The average Bonchev–Trinajstić information content (AvgIpc) is 3.26. The highest BCUT2D eigenvalue weighted by Gasteiger charge is 2.32. The van der Waals surface area contributed by atoms with Crippen LogP contribution in [0.3, 0.4) is 0 Å². The van der Waals surface area contributed by atoms with Crippen LogP contribution in [0.5, 0.6) is 0 Å². The lowest BCUT2D eigenvalue weighted by Crippen LogP contribution is -2.41. The molecule has 7 heteroatoms. The average molecular weight is 427 g/mol. The van der Waals surface area contributed by atoms with Gasteiger partial charge < -0.3 is 5.32 Å². The zero-order valence-electron chi connectivity index (χ0n) is 16.4. The van der Waals surface area contributed by atoms with Gasteiger partial charge in [-0.05, 0) is 17.5 Å². The number of hydrogen-bond acceptors (Lipinski definition) is 5. The first-order chi connectivity index (χ1) is 15.1. The Kier molecular flexibility index (Phi) is 4.80. The zero-order chi connectivity index (χ0) is 21.4. The maximum atomic E-state index is 12.9. The van der Waals surface area contributed by atoms with Gasteiger partial charge in [0, 0.05) is 40.4 Å². The molecule has 3 amide bonds. The number of carbonyl (C=O) groups is 3. The van der Waals surface area contributed by atoms with Crippen molar-refractivity contribution in [3.05, 3.63) is 83.2 Å². The highest BCUT2D eigenvalue weighted by atomic mass is 32.1. The Bertz CT molecular complexity index is 1280. The standard InChI is InChI=1S/C24H17N3O3S/c28-20(26-24-25-19(14-31-24)15-6-2-1-3-7-15)12-13-27-22(29)17-10-4-8-16-9-5-11-18(21(16)17)23(27)30/h1-11,14H,12-13H2,(H,25,26,28). The molecule has 0 atom stereocenters. The third-order valence-electron chi connectivity index (χ3n) is 5.24. The minimum absolute atomic E-state index is 0.00409. The molecule has 2 heterocycles. The second-order valence-corrected chi connectivity index (χ2v) is 8.03. The highest BCUT2D eigenvalue weighted by Crippen LogP contribution is 2.30. The lowest BCUT2D eigenvalue weighted by Gasteiger charge is -2.26. The van der Waals surface area contributed by atoms with Crippen molar-refractivity contribution in [3.63, 3.8) is 0 Å². The van der Waals surface area contributed by atoms with Gasteiger partial charge in [0.1, 0.15) is 0 Å². The van der Waals surface area contributed by atoms with Gasteiger partial charge in [-0.25, -0.2) is 4.98 Å². The van der Waals surface area contributed by atoms with Gasteiger partial charge in [-0.1, -0.05) is 54.6 Å². The first-order valence-electron chi connectivity index (χ1n) is 9.80. The molecular weight excluding hydrogens is 410 g/mol. The number of thiazole rings is 1. The number of nitrogens with one attached hydrogen (secondary N) is 1. The number of carbonyl (C=O) groups excluding carboxylic acids is 3. The number of anilines is 1. The quantitative estimate of drug-likeness (QED) is 0.473. The number of imide groups is 1. The van der Waals surface area contributed by atoms with Crippen molar-refractivity contribution in [2.75, 3.05) is 11.9 Å².